The second-order valence-electron chi connectivity index (χ2n) is 6.22. The van der Waals surface area contributed by atoms with E-state index in [1.165, 1.54) is 58.0 Å². The van der Waals surface area contributed by atoms with Crippen LogP contribution < -0.4 is 0 Å². The van der Waals surface area contributed by atoms with Crippen LogP contribution in [-0.2, 0) is 0 Å². The fourth-order valence-corrected chi connectivity index (χ4v) is 4.26. The van der Waals surface area contributed by atoms with Gasteiger partial charge in [0.2, 0.25) is 0 Å². The summed E-state index contributed by atoms with van der Waals surface area (Å²) in [7, 11) is 0. The lowest BCUT2D eigenvalue weighted by Gasteiger charge is -2.51. The average Bonchev–Trinajstić information content (AvgIpc) is 2.77. The lowest BCUT2D eigenvalue weighted by Crippen LogP contribution is -2.55. The minimum Gasteiger partial charge on any atom is -0.294 e. The van der Waals surface area contributed by atoms with Gasteiger partial charge in [-0.3, -0.25) is 4.90 Å². The smallest absolute Gasteiger partial charge is 0.0395 e. The predicted octanol–water partition coefficient (Wildman–Crippen LogP) is 3.75. The van der Waals surface area contributed by atoms with Crippen molar-refractivity contribution in [2.45, 2.75) is 64.3 Å². The average molecular weight is 219 g/mol. The molecule has 1 fully saturated rings. The van der Waals surface area contributed by atoms with E-state index >= 15 is 0 Å². The van der Waals surface area contributed by atoms with Crippen molar-refractivity contribution < 1.29 is 0 Å². The molecule has 0 amide bonds. The van der Waals surface area contributed by atoms with Gasteiger partial charge in [0.25, 0.3) is 0 Å². The molecule has 1 saturated heterocycles. The molecule has 0 saturated carbocycles. The van der Waals surface area contributed by atoms with Crippen molar-refractivity contribution in [1.82, 2.24) is 4.90 Å². The normalized spacial score (nSPS) is 39.8. The van der Waals surface area contributed by atoms with Crippen LogP contribution in [0.15, 0.2) is 11.1 Å². The van der Waals surface area contributed by atoms with Crippen molar-refractivity contribution in [1.29, 1.82) is 0 Å². The third kappa shape index (κ3) is 1.48. The van der Waals surface area contributed by atoms with E-state index in [1.807, 2.05) is 11.1 Å². The Morgan fingerprint density at radius 1 is 1.31 bits per heavy atom. The summed E-state index contributed by atoms with van der Waals surface area (Å²) in [6.07, 6.45) is 9.88. The summed E-state index contributed by atoms with van der Waals surface area (Å²) < 4.78 is 0. The van der Waals surface area contributed by atoms with Gasteiger partial charge in [0, 0.05) is 18.6 Å². The van der Waals surface area contributed by atoms with Crippen molar-refractivity contribution in [2.75, 3.05) is 13.1 Å². The highest BCUT2D eigenvalue weighted by molar-refractivity contribution is 5.33. The Morgan fingerprint density at radius 2 is 2.19 bits per heavy atom. The molecule has 2 aliphatic heterocycles. The topological polar surface area (TPSA) is 3.24 Å². The first-order valence-electron chi connectivity index (χ1n) is 7.20. The Morgan fingerprint density at radius 3 is 3.00 bits per heavy atom. The molecule has 1 aliphatic carbocycles. The number of fused-ring (bicyclic) bond motifs is 2. The number of nitrogens with zero attached hydrogens (tertiary/aromatic N) is 1. The molecule has 3 aliphatic rings. The van der Waals surface area contributed by atoms with Gasteiger partial charge in [-0.15, -0.1) is 0 Å². The quantitative estimate of drug-likeness (QED) is 0.607. The van der Waals surface area contributed by atoms with Gasteiger partial charge in [-0.2, -0.15) is 0 Å². The van der Waals surface area contributed by atoms with E-state index in [9.17, 15) is 0 Å². The highest BCUT2D eigenvalue weighted by atomic mass is 15.2. The van der Waals surface area contributed by atoms with Gasteiger partial charge < -0.3 is 0 Å². The first kappa shape index (κ1) is 10.8. The first-order valence-corrected chi connectivity index (χ1v) is 7.20. The molecule has 16 heavy (non-hydrogen) atoms. The van der Waals surface area contributed by atoms with Gasteiger partial charge in [-0.05, 0) is 51.4 Å². The van der Waals surface area contributed by atoms with Crippen molar-refractivity contribution in [3.63, 3.8) is 0 Å². The van der Waals surface area contributed by atoms with E-state index in [0.29, 0.717) is 5.54 Å². The molecule has 0 unspecified atom stereocenters. The van der Waals surface area contributed by atoms with Gasteiger partial charge in [0.15, 0.2) is 0 Å². The Labute approximate surface area is 99.9 Å². The van der Waals surface area contributed by atoms with Gasteiger partial charge >= 0.3 is 0 Å². The molecular formula is C15H25N. The zero-order valence-electron chi connectivity index (χ0n) is 10.9. The number of hydrogen-bond acceptors (Lipinski definition) is 1. The van der Waals surface area contributed by atoms with Crippen molar-refractivity contribution in [3.8, 4) is 0 Å². The van der Waals surface area contributed by atoms with Crippen LogP contribution in [0.2, 0.25) is 0 Å². The molecule has 3 rings (SSSR count). The fraction of sp³-hybridized carbons (Fsp3) is 0.867. The molecule has 2 heterocycles. The molecule has 0 spiro atoms. The first-order chi connectivity index (χ1) is 7.74. The van der Waals surface area contributed by atoms with Crippen LogP contribution >= 0.6 is 0 Å². The minimum atomic E-state index is 0.468. The highest BCUT2D eigenvalue weighted by Gasteiger charge is 2.44. The second-order valence-corrected chi connectivity index (χ2v) is 6.22. The van der Waals surface area contributed by atoms with E-state index < -0.39 is 0 Å². The molecule has 0 bridgehead atoms. The summed E-state index contributed by atoms with van der Waals surface area (Å²) in [6.45, 7) is 7.59. The standard InChI is InChI=1S/C15H25N/c1-3-12-7-9-15(2)14-6-4-5-13(14)8-10-16(15)11-12/h12H,3-11H2,1-2H3/t12-,15-/m0/s1. The predicted molar refractivity (Wildman–Crippen MR) is 68.5 cm³/mol. The number of piperidine rings is 1. The Bertz CT molecular complexity index is 317. The van der Waals surface area contributed by atoms with Crippen LogP contribution in [-0.4, -0.2) is 23.5 Å². The van der Waals surface area contributed by atoms with Gasteiger partial charge in [0.1, 0.15) is 0 Å². The molecule has 2 atom stereocenters. The van der Waals surface area contributed by atoms with Crippen LogP contribution in [0.1, 0.15) is 58.8 Å². The van der Waals surface area contributed by atoms with Crippen molar-refractivity contribution in [3.05, 3.63) is 11.1 Å². The molecule has 0 N–H and O–H groups in total. The SMILES string of the molecule is CC[C@H]1CC[C@@]2(C)C3=C(CCC3)CCN2C1. The van der Waals surface area contributed by atoms with E-state index in [-0.39, 0.29) is 0 Å². The molecule has 0 aromatic heterocycles. The van der Waals surface area contributed by atoms with Crippen LogP contribution in [0.25, 0.3) is 0 Å². The third-order valence-corrected chi connectivity index (χ3v) is 5.46. The van der Waals surface area contributed by atoms with E-state index in [4.69, 9.17) is 0 Å². The summed E-state index contributed by atoms with van der Waals surface area (Å²) in [4.78, 5) is 2.81. The molecular weight excluding hydrogens is 194 g/mol. The van der Waals surface area contributed by atoms with Crippen LogP contribution in [0.5, 0.6) is 0 Å². The zero-order valence-corrected chi connectivity index (χ0v) is 10.9. The van der Waals surface area contributed by atoms with Crippen molar-refractivity contribution in [2.24, 2.45) is 5.92 Å². The lowest BCUT2D eigenvalue weighted by molar-refractivity contribution is 0.0475. The summed E-state index contributed by atoms with van der Waals surface area (Å²) in [6, 6.07) is 0. The monoisotopic (exact) mass is 219 g/mol. The Hall–Kier alpha value is -0.300. The molecule has 0 aromatic rings. The van der Waals surface area contributed by atoms with E-state index in [2.05, 4.69) is 18.7 Å². The zero-order chi connectivity index (χ0) is 11.2. The van der Waals surface area contributed by atoms with Crippen LogP contribution in [0.3, 0.4) is 0 Å². The Kier molecular flexibility index (Phi) is 2.62. The molecule has 1 nitrogen and oxygen atoms in total. The van der Waals surface area contributed by atoms with Gasteiger partial charge in [0.05, 0.1) is 0 Å². The maximum absolute atomic E-state index is 2.81. The van der Waals surface area contributed by atoms with Crippen LogP contribution in [0, 0.1) is 5.92 Å². The third-order valence-electron chi connectivity index (χ3n) is 5.46. The van der Waals surface area contributed by atoms with Crippen molar-refractivity contribution >= 4 is 0 Å². The summed E-state index contributed by atoms with van der Waals surface area (Å²) in [5.74, 6) is 0.969. The van der Waals surface area contributed by atoms with Crippen LogP contribution in [0.4, 0.5) is 0 Å². The second kappa shape index (κ2) is 3.87. The van der Waals surface area contributed by atoms with Gasteiger partial charge in [-0.1, -0.05) is 24.5 Å². The largest absolute Gasteiger partial charge is 0.294 e. The molecule has 1 heteroatoms. The molecule has 0 radical (unpaired) electrons. The number of hydrogen-bond donors (Lipinski definition) is 0. The summed E-state index contributed by atoms with van der Waals surface area (Å²) in [5, 5.41) is 0. The Balaban J connectivity index is 1.87. The molecule has 90 valence electrons. The molecule has 0 aromatic carbocycles. The maximum Gasteiger partial charge on any atom is 0.0395 e. The summed E-state index contributed by atoms with van der Waals surface area (Å²) in [5.41, 5.74) is 4.16. The fourth-order valence-electron chi connectivity index (χ4n) is 4.26. The van der Waals surface area contributed by atoms with E-state index in [0.717, 1.165) is 5.92 Å². The van der Waals surface area contributed by atoms with E-state index in [1.54, 1.807) is 0 Å². The highest BCUT2D eigenvalue weighted by Crippen LogP contribution is 2.47. The van der Waals surface area contributed by atoms with Gasteiger partial charge in [-0.25, -0.2) is 0 Å². The summed E-state index contributed by atoms with van der Waals surface area (Å²) >= 11 is 0. The minimum absolute atomic E-state index is 0.468. The maximum atomic E-state index is 2.81. The lowest BCUT2D eigenvalue weighted by atomic mass is 9.74. The number of rotatable bonds is 1.